The second kappa shape index (κ2) is 3.97. The van der Waals surface area contributed by atoms with E-state index in [1.165, 1.54) is 0 Å². The van der Waals surface area contributed by atoms with Gasteiger partial charge in [0.25, 0.3) is 0 Å². The molecular weight excluding hydrogens is 288 g/mol. The van der Waals surface area contributed by atoms with E-state index in [0.717, 1.165) is 37.1 Å². The highest BCUT2D eigenvalue weighted by Gasteiger charge is 2.59. The maximum Gasteiger partial charge on any atom is 0.226 e. The van der Waals surface area contributed by atoms with E-state index >= 15 is 0 Å². The molecule has 2 aromatic rings. The summed E-state index contributed by atoms with van der Waals surface area (Å²) in [6.07, 6.45) is 8.70. The molecule has 2 saturated heterocycles. The molecule has 0 N–H and O–H groups in total. The summed E-state index contributed by atoms with van der Waals surface area (Å²) < 4.78 is 2.02. The van der Waals surface area contributed by atoms with Gasteiger partial charge in [0.05, 0.1) is 6.20 Å². The molecule has 0 radical (unpaired) electrons. The van der Waals surface area contributed by atoms with E-state index in [4.69, 9.17) is 11.6 Å². The highest BCUT2D eigenvalue weighted by molar-refractivity contribution is 6.32. The van der Waals surface area contributed by atoms with Crippen LogP contribution in [-0.2, 0) is 4.79 Å². The van der Waals surface area contributed by atoms with Crippen molar-refractivity contribution in [3.05, 3.63) is 29.6 Å². The molecule has 3 aliphatic rings. The number of rotatable bonds is 1. The van der Waals surface area contributed by atoms with Crippen molar-refractivity contribution in [3.63, 3.8) is 0 Å². The van der Waals surface area contributed by atoms with Crippen LogP contribution >= 0.6 is 11.6 Å². The Morgan fingerprint density at radius 2 is 2.19 bits per heavy atom. The van der Waals surface area contributed by atoms with Crippen molar-refractivity contribution in [1.82, 2.24) is 19.3 Å². The zero-order valence-electron chi connectivity index (χ0n) is 11.4. The monoisotopic (exact) mass is 302 g/mol. The fraction of sp³-hybridized carbons (Fsp3) is 0.533. The lowest BCUT2D eigenvalue weighted by molar-refractivity contribution is -0.132. The SMILES string of the molecule is O=C1[C@@H]2C[C@@H]2[C@H]2CC[C@@H](c3ncc4c(Cl)nccn34)CN12. The summed E-state index contributed by atoms with van der Waals surface area (Å²) in [6, 6.07) is 0.496. The predicted molar refractivity (Wildman–Crippen MR) is 77.1 cm³/mol. The number of hydrogen-bond acceptors (Lipinski definition) is 3. The third-order valence-corrected chi connectivity index (χ3v) is 5.66. The van der Waals surface area contributed by atoms with E-state index in [0.29, 0.717) is 34.9 Å². The summed E-state index contributed by atoms with van der Waals surface area (Å²) in [5, 5.41) is 0.475. The molecule has 1 amide bonds. The number of hydrogen-bond donors (Lipinski definition) is 0. The van der Waals surface area contributed by atoms with Crippen LogP contribution < -0.4 is 0 Å². The van der Waals surface area contributed by atoms with Crippen molar-refractivity contribution in [1.29, 1.82) is 0 Å². The molecule has 0 unspecified atom stereocenters. The predicted octanol–water partition coefficient (Wildman–Crippen LogP) is 2.11. The number of piperidine rings is 2. The third-order valence-electron chi connectivity index (χ3n) is 5.37. The van der Waals surface area contributed by atoms with E-state index in [9.17, 15) is 4.79 Å². The number of carbonyl (C=O) groups is 1. The molecule has 108 valence electrons. The molecule has 1 aliphatic carbocycles. The van der Waals surface area contributed by atoms with Gasteiger partial charge >= 0.3 is 0 Å². The summed E-state index contributed by atoms with van der Waals surface area (Å²) in [5.41, 5.74) is 0.840. The standard InChI is InChI=1S/C15H15ClN4O/c16-13-12-6-18-14(19(12)4-3-17-13)8-1-2-11-9-5-10(9)15(21)20(11)7-8/h3-4,6,8-11H,1-2,5,7H2/t8-,9+,10-,11-/m1/s1. The maximum absolute atomic E-state index is 12.3. The number of halogens is 1. The Morgan fingerprint density at radius 3 is 3.10 bits per heavy atom. The van der Waals surface area contributed by atoms with Crippen LogP contribution in [-0.4, -0.2) is 37.8 Å². The van der Waals surface area contributed by atoms with Gasteiger partial charge in [-0.2, -0.15) is 0 Å². The largest absolute Gasteiger partial charge is 0.338 e. The molecule has 0 aromatic carbocycles. The van der Waals surface area contributed by atoms with Crippen molar-refractivity contribution >= 4 is 23.0 Å². The highest BCUT2D eigenvalue weighted by Crippen LogP contribution is 2.54. The van der Waals surface area contributed by atoms with Gasteiger partial charge in [0.15, 0.2) is 5.15 Å². The van der Waals surface area contributed by atoms with Gasteiger partial charge in [-0.25, -0.2) is 9.97 Å². The number of amides is 1. The first kappa shape index (κ1) is 12.0. The molecule has 2 aliphatic heterocycles. The van der Waals surface area contributed by atoms with Gasteiger partial charge < -0.3 is 4.90 Å². The van der Waals surface area contributed by atoms with Gasteiger partial charge in [0, 0.05) is 36.8 Å². The number of imidazole rings is 1. The summed E-state index contributed by atoms with van der Waals surface area (Å²) in [5.74, 6) is 2.65. The highest BCUT2D eigenvalue weighted by atomic mass is 35.5. The molecule has 5 rings (SSSR count). The fourth-order valence-electron chi connectivity index (χ4n) is 4.26. The van der Waals surface area contributed by atoms with E-state index in [1.807, 2.05) is 10.6 Å². The zero-order valence-corrected chi connectivity index (χ0v) is 12.2. The van der Waals surface area contributed by atoms with Gasteiger partial charge in [-0.1, -0.05) is 11.6 Å². The fourth-order valence-corrected chi connectivity index (χ4v) is 4.45. The molecule has 0 bridgehead atoms. The van der Waals surface area contributed by atoms with Gasteiger partial charge in [-0.05, 0) is 25.2 Å². The topological polar surface area (TPSA) is 50.5 Å². The van der Waals surface area contributed by atoms with Crippen LogP contribution in [0, 0.1) is 11.8 Å². The molecule has 0 spiro atoms. The zero-order chi connectivity index (χ0) is 14.1. The first-order valence-corrected chi connectivity index (χ1v) is 7.90. The van der Waals surface area contributed by atoms with Crippen LogP contribution in [0.4, 0.5) is 0 Å². The number of carbonyl (C=O) groups excluding carboxylic acids is 1. The Morgan fingerprint density at radius 1 is 1.29 bits per heavy atom. The molecule has 5 nitrogen and oxygen atoms in total. The maximum atomic E-state index is 12.3. The normalized spacial score (nSPS) is 34.1. The lowest BCUT2D eigenvalue weighted by Crippen LogP contribution is -2.43. The molecule has 6 heteroatoms. The third kappa shape index (κ3) is 1.55. The molecular formula is C15H15ClN4O. The van der Waals surface area contributed by atoms with Crippen LogP contribution in [0.2, 0.25) is 5.15 Å². The lowest BCUT2D eigenvalue weighted by atomic mass is 9.91. The molecule has 4 atom stereocenters. The Bertz CT molecular complexity index is 757. The van der Waals surface area contributed by atoms with Crippen LogP contribution in [0.15, 0.2) is 18.6 Å². The molecule has 21 heavy (non-hydrogen) atoms. The van der Waals surface area contributed by atoms with Gasteiger partial charge in [-0.15, -0.1) is 0 Å². The first-order valence-electron chi connectivity index (χ1n) is 7.52. The van der Waals surface area contributed by atoms with Crippen LogP contribution in [0.3, 0.4) is 0 Å². The minimum absolute atomic E-state index is 0.295. The van der Waals surface area contributed by atoms with Crippen molar-refractivity contribution in [2.75, 3.05) is 6.54 Å². The summed E-state index contributed by atoms with van der Waals surface area (Å²) in [6.45, 7) is 0.801. The second-order valence-electron chi connectivity index (χ2n) is 6.43. The summed E-state index contributed by atoms with van der Waals surface area (Å²) in [7, 11) is 0. The average Bonchev–Trinajstić information content (AvgIpc) is 3.09. The second-order valence-corrected chi connectivity index (χ2v) is 6.79. The van der Waals surface area contributed by atoms with E-state index in [2.05, 4.69) is 14.9 Å². The first-order chi connectivity index (χ1) is 10.2. The minimum atomic E-state index is 0.295. The van der Waals surface area contributed by atoms with Crippen LogP contribution in [0.25, 0.3) is 5.52 Å². The molecule has 3 fully saturated rings. The Balaban J connectivity index is 1.50. The van der Waals surface area contributed by atoms with Crippen molar-refractivity contribution in [2.45, 2.75) is 31.2 Å². The van der Waals surface area contributed by atoms with Gasteiger partial charge in [-0.3, -0.25) is 9.20 Å². The molecule has 2 aromatic heterocycles. The summed E-state index contributed by atoms with van der Waals surface area (Å²) >= 11 is 6.11. The number of aromatic nitrogens is 3. The number of fused-ring (bicyclic) bond motifs is 4. The van der Waals surface area contributed by atoms with Crippen LogP contribution in [0.5, 0.6) is 0 Å². The van der Waals surface area contributed by atoms with E-state index in [-0.39, 0.29) is 0 Å². The van der Waals surface area contributed by atoms with Gasteiger partial charge in [0.1, 0.15) is 11.3 Å². The Hall–Kier alpha value is -1.62. The van der Waals surface area contributed by atoms with E-state index < -0.39 is 0 Å². The summed E-state index contributed by atoms with van der Waals surface area (Å²) in [4.78, 5) is 23.0. The van der Waals surface area contributed by atoms with Crippen molar-refractivity contribution < 1.29 is 4.79 Å². The smallest absolute Gasteiger partial charge is 0.226 e. The molecule has 4 heterocycles. The van der Waals surface area contributed by atoms with Crippen LogP contribution in [0.1, 0.15) is 31.0 Å². The minimum Gasteiger partial charge on any atom is -0.338 e. The number of nitrogens with zero attached hydrogens (tertiary/aromatic N) is 4. The molecule has 1 saturated carbocycles. The Kier molecular flexibility index (Phi) is 2.27. The van der Waals surface area contributed by atoms with Crippen molar-refractivity contribution in [3.8, 4) is 0 Å². The van der Waals surface area contributed by atoms with Crippen molar-refractivity contribution in [2.24, 2.45) is 11.8 Å². The Labute approximate surface area is 126 Å². The van der Waals surface area contributed by atoms with E-state index in [1.54, 1.807) is 12.4 Å². The van der Waals surface area contributed by atoms with Gasteiger partial charge in [0.2, 0.25) is 5.91 Å². The lowest BCUT2D eigenvalue weighted by Gasteiger charge is -2.36. The average molecular weight is 303 g/mol. The quantitative estimate of drug-likeness (QED) is 0.810.